The van der Waals surface area contributed by atoms with Crippen LogP contribution in [-0.2, 0) is 0 Å². The molecule has 0 spiro atoms. The first-order valence-corrected chi connectivity index (χ1v) is 7.98. The van der Waals surface area contributed by atoms with Gasteiger partial charge in [-0.15, -0.1) is 0 Å². The number of hydrogen-bond acceptors (Lipinski definition) is 3. The highest BCUT2D eigenvalue weighted by atomic mass is 35.5. The highest BCUT2D eigenvalue weighted by Crippen LogP contribution is 2.28. The number of carbonyl (C=O) groups excluding carboxylic acids is 1. The molecule has 2 aromatic carbocycles. The molecule has 0 radical (unpaired) electrons. The van der Waals surface area contributed by atoms with Crippen LogP contribution in [-0.4, -0.2) is 18.9 Å². The van der Waals surface area contributed by atoms with Crippen molar-refractivity contribution in [1.29, 1.82) is 0 Å². The molecular weight excluding hydrogens is 296 g/mol. The third kappa shape index (κ3) is 2.95. The van der Waals surface area contributed by atoms with Crippen LogP contribution in [0.15, 0.2) is 42.5 Å². The van der Waals surface area contributed by atoms with Crippen molar-refractivity contribution in [3.63, 3.8) is 0 Å². The number of halogens is 1. The Morgan fingerprint density at radius 1 is 1.00 bits per heavy atom. The van der Waals surface area contributed by atoms with Gasteiger partial charge in [0, 0.05) is 40.6 Å². The van der Waals surface area contributed by atoms with E-state index in [0.29, 0.717) is 21.8 Å². The molecule has 1 aliphatic rings. The molecule has 3 rings (SSSR count). The summed E-state index contributed by atoms with van der Waals surface area (Å²) in [6, 6.07) is 12.8. The second-order valence-electron chi connectivity index (χ2n) is 5.63. The van der Waals surface area contributed by atoms with Crippen LogP contribution in [0.3, 0.4) is 0 Å². The molecule has 4 heteroatoms. The molecule has 22 heavy (non-hydrogen) atoms. The maximum atomic E-state index is 12.9. The molecule has 2 N–H and O–H groups in total. The molecule has 114 valence electrons. The van der Waals surface area contributed by atoms with Crippen molar-refractivity contribution >= 4 is 28.8 Å². The minimum absolute atomic E-state index is 0.0684. The summed E-state index contributed by atoms with van der Waals surface area (Å²) in [4.78, 5) is 15.2. The fourth-order valence-corrected chi connectivity index (χ4v) is 3.12. The van der Waals surface area contributed by atoms with Crippen LogP contribution in [0.2, 0.25) is 5.02 Å². The number of rotatable bonds is 3. The van der Waals surface area contributed by atoms with E-state index in [9.17, 15) is 4.79 Å². The van der Waals surface area contributed by atoms with Gasteiger partial charge in [0.25, 0.3) is 0 Å². The third-order valence-corrected chi connectivity index (χ3v) is 4.34. The first kappa shape index (κ1) is 14.9. The van der Waals surface area contributed by atoms with E-state index in [0.717, 1.165) is 18.8 Å². The predicted octanol–water partition coefficient (Wildman–Crippen LogP) is 4.14. The fraction of sp³-hybridized carbons (Fsp3) is 0.278. The van der Waals surface area contributed by atoms with Crippen molar-refractivity contribution in [2.24, 2.45) is 0 Å². The number of piperidine rings is 1. The van der Waals surface area contributed by atoms with Crippen molar-refractivity contribution in [3.8, 4) is 0 Å². The Morgan fingerprint density at radius 2 is 1.73 bits per heavy atom. The van der Waals surface area contributed by atoms with E-state index in [1.54, 1.807) is 18.2 Å². The van der Waals surface area contributed by atoms with E-state index in [2.05, 4.69) is 4.90 Å². The molecule has 0 bridgehead atoms. The van der Waals surface area contributed by atoms with Gasteiger partial charge in [-0.3, -0.25) is 4.79 Å². The number of carbonyl (C=O) groups is 1. The van der Waals surface area contributed by atoms with Gasteiger partial charge < -0.3 is 10.6 Å². The lowest BCUT2D eigenvalue weighted by molar-refractivity contribution is 0.104. The topological polar surface area (TPSA) is 46.3 Å². The lowest BCUT2D eigenvalue weighted by atomic mass is 9.98. The first-order valence-electron chi connectivity index (χ1n) is 7.60. The van der Waals surface area contributed by atoms with Crippen molar-refractivity contribution in [2.45, 2.75) is 19.3 Å². The smallest absolute Gasteiger partial charge is 0.197 e. The summed E-state index contributed by atoms with van der Waals surface area (Å²) in [6.45, 7) is 1.99. The Labute approximate surface area is 135 Å². The number of benzene rings is 2. The van der Waals surface area contributed by atoms with Crippen molar-refractivity contribution in [1.82, 2.24) is 0 Å². The number of nitrogen functional groups attached to an aromatic ring is 1. The molecule has 1 fully saturated rings. The van der Waals surface area contributed by atoms with Crippen molar-refractivity contribution in [2.75, 3.05) is 23.7 Å². The van der Waals surface area contributed by atoms with Crippen LogP contribution in [0.4, 0.5) is 11.4 Å². The first-order chi connectivity index (χ1) is 10.7. The molecular formula is C18H19ClN2O. The lowest BCUT2D eigenvalue weighted by Crippen LogP contribution is -2.30. The van der Waals surface area contributed by atoms with Gasteiger partial charge in [-0.2, -0.15) is 0 Å². The molecule has 1 saturated heterocycles. The summed E-state index contributed by atoms with van der Waals surface area (Å²) in [7, 11) is 0. The largest absolute Gasteiger partial charge is 0.398 e. The van der Waals surface area contributed by atoms with Crippen molar-refractivity contribution in [3.05, 3.63) is 58.6 Å². The SMILES string of the molecule is Nc1ccc(Cl)cc1C(=O)c1ccccc1N1CCCCC1. The molecule has 0 unspecified atom stereocenters. The number of anilines is 2. The molecule has 1 heterocycles. The summed E-state index contributed by atoms with van der Waals surface area (Å²) in [6.07, 6.45) is 3.59. The van der Waals surface area contributed by atoms with E-state index in [1.165, 1.54) is 19.3 Å². The van der Waals surface area contributed by atoms with Crippen LogP contribution in [0.5, 0.6) is 0 Å². The zero-order valence-corrected chi connectivity index (χ0v) is 13.1. The number of nitrogens with zero attached hydrogens (tertiary/aromatic N) is 1. The Morgan fingerprint density at radius 3 is 2.50 bits per heavy atom. The Kier molecular flexibility index (Phi) is 4.34. The number of ketones is 1. The van der Waals surface area contributed by atoms with Gasteiger partial charge >= 0.3 is 0 Å². The van der Waals surface area contributed by atoms with Gasteiger partial charge in [-0.25, -0.2) is 0 Å². The molecule has 0 aromatic heterocycles. The van der Waals surface area contributed by atoms with Crippen LogP contribution >= 0.6 is 11.6 Å². The van der Waals surface area contributed by atoms with Gasteiger partial charge in [-0.05, 0) is 49.6 Å². The second-order valence-corrected chi connectivity index (χ2v) is 6.06. The van der Waals surface area contributed by atoms with Gasteiger partial charge in [0.15, 0.2) is 5.78 Å². The number of nitrogens with two attached hydrogens (primary N) is 1. The molecule has 3 nitrogen and oxygen atoms in total. The fourth-order valence-electron chi connectivity index (χ4n) is 2.95. The zero-order chi connectivity index (χ0) is 15.5. The van der Waals surface area contributed by atoms with E-state index < -0.39 is 0 Å². The number of para-hydroxylation sites is 1. The predicted molar refractivity (Wildman–Crippen MR) is 91.8 cm³/mol. The molecule has 0 saturated carbocycles. The van der Waals surface area contributed by atoms with Crippen LogP contribution in [0, 0.1) is 0 Å². The van der Waals surface area contributed by atoms with Crippen molar-refractivity contribution < 1.29 is 4.79 Å². The molecule has 2 aromatic rings. The Bertz CT molecular complexity index is 693. The van der Waals surface area contributed by atoms with Gasteiger partial charge in [0.05, 0.1) is 0 Å². The molecule has 0 amide bonds. The average molecular weight is 315 g/mol. The van der Waals surface area contributed by atoms with Crippen LogP contribution in [0.1, 0.15) is 35.2 Å². The van der Waals surface area contributed by atoms with Crippen LogP contribution < -0.4 is 10.6 Å². The summed E-state index contributed by atoms with van der Waals surface area (Å²) in [5, 5.41) is 0.521. The summed E-state index contributed by atoms with van der Waals surface area (Å²) in [5.74, 6) is -0.0684. The normalized spacial score (nSPS) is 14.9. The van der Waals surface area contributed by atoms with Gasteiger partial charge in [0.2, 0.25) is 0 Å². The highest BCUT2D eigenvalue weighted by Gasteiger charge is 2.20. The zero-order valence-electron chi connectivity index (χ0n) is 12.4. The Balaban J connectivity index is 2.00. The maximum absolute atomic E-state index is 12.9. The maximum Gasteiger partial charge on any atom is 0.197 e. The van der Waals surface area contributed by atoms with Gasteiger partial charge in [-0.1, -0.05) is 23.7 Å². The van der Waals surface area contributed by atoms with Crippen LogP contribution in [0.25, 0.3) is 0 Å². The van der Waals surface area contributed by atoms with E-state index in [-0.39, 0.29) is 5.78 Å². The summed E-state index contributed by atoms with van der Waals surface area (Å²) in [5.41, 5.74) is 8.58. The average Bonchev–Trinajstić information content (AvgIpc) is 2.57. The second kappa shape index (κ2) is 6.41. The minimum Gasteiger partial charge on any atom is -0.398 e. The molecule has 1 aliphatic heterocycles. The Hall–Kier alpha value is -2.00. The standard InChI is InChI=1S/C18H19ClN2O/c19-13-8-9-16(20)15(12-13)18(22)14-6-2-3-7-17(14)21-10-4-1-5-11-21/h2-3,6-9,12H,1,4-5,10-11,20H2. The highest BCUT2D eigenvalue weighted by molar-refractivity contribution is 6.31. The molecule has 0 aliphatic carbocycles. The quantitative estimate of drug-likeness (QED) is 0.684. The van der Waals surface area contributed by atoms with E-state index in [4.69, 9.17) is 17.3 Å². The minimum atomic E-state index is -0.0684. The van der Waals surface area contributed by atoms with E-state index in [1.807, 2.05) is 24.3 Å². The number of hydrogen-bond donors (Lipinski definition) is 1. The lowest BCUT2D eigenvalue weighted by Gasteiger charge is -2.30. The summed E-state index contributed by atoms with van der Waals surface area (Å²) < 4.78 is 0. The monoisotopic (exact) mass is 314 g/mol. The third-order valence-electron chi connectivity index (χ3n) is 4.11. The van der Waals surface area contributed by atoms with Gasteiger partial charge in [0.1, 0.15) is 0 Å². The van der Waals surface area contributed by atoms with E-state index >= 15 is 0 Å². The molecule has 0 atom stereocenters. The summed E-state index contributed by atoms with van der Waals surface area (Å²) >= 11 is 6.02.